The number of rotatable bonds is 7. The largest absolute Gasteiger partial charge is 0.376 e. The predicted octanol–water partition coefficient (Wildman–Crippen LogP) is 2.60. The van der Waals surface area contributed by atoms with Gasteiger partial charge < -0.3 is 24.4 Å². The van der Waals surface area contributed by atoms with Crippen molar-refractivity contribution in [2.75, 3.05) is 33.8 Å². The molecule has 0 spiro atoms. The second-order valence-electron chi connectivity index (χ2n) is 7.84. The van der Waals surface area contributed by atoms with Gasteiger partial charge in [-0.2, -0.15) is 0 Å². The van der Waals surface area contributed by atoms with Gasteiger partial charge in [0.05, 0.1) is 23.9 Å². The van der Waals surface area contributed by atoms with Crippen LogP contribution >= 0.6 is 12.2 Å². The van der Waals surface area contributed by atoms with Gasteiger partial charge in [0.25, 0.3) is 0 Å². The molecule has 0 aromatic carbocycles. The van der Waals surface area contributed by atoms with E-state index in [1.54, 1.807) is 0 Å². The second-order valence-corrected chi connectivity index (χ2v) is 8.23. The van der Waals surface area contributed by atoms with Gasteiger partial charge in [-0.1, -0.05) is 6.07 Å². The maximum absolute atomic E-state index is 5.89. The molecule has 4 rings (SSSR count). The standard InChI is InChI=1S/C21H29N5OS/c1-24(2)12-13-26-20(19(23-21(26)28)17-8-3-4-10-22-17)18-9-5-11-25(18)15-16-7-6-14-27-16/h3-5,8-11,16,19-20H,6-7,12-15H2,1-2H3,(H,23,28)/t16-,19-,20-/m0/s1. The lowest BCUT2D eigenvalue weighted by molar-refractivity contribution is 0.0953. The Hall–Kier alpha value is -1.96. The molecule has 2 saturated heterocycles. The number of pyridine rings is 1. The summed E-state index contributed by atoms with van der Waals surface area (Å²) in [6.45, 7) is 3.58. The van der Waals surface area contributed by atoms with Gasteiger partial charge >= 0.3 is 0 Å². The molecule has 1 N–H and O–H groups in total. The van der Waals surface area contributed by atoms with Crippen molar-refractivity contribution in [3.05, 3.63) is 54.1 Å². The molecule has 6 nitrogen and oxygen atoms in total. The van der Waals surface area contributed by atoms with Crippen molar-refractivity contribution >= 4 is 17.3 Å². The van der Waals surface area contributed by atoms with Crippen LogP contribution in [0.2, 0.25) is 0 Å². The van der Waals surface area contributed by atoms with Crippen molar-refractivity contribution in [2.24, 2.45) is 0 Å². The summed E-state index contributed by atoms with van der Waals surface area (Å²) in [5.41, 5.74) is 2.28. The number of thiocarbonyl (C=S) groups is 1. The van der Waals surface area contributed by atoms with Gasteiger partial charge in [-0.15, -0.1) is 0 Å². The summed E-state index contributed by atoms with van der Waals surface area (Å²) in [6.07, 6.45) is 6.61. The van der Waals surface area contributed by atoms with Crippen LogP contribution < -0.4 is 5.32 Å². The van der Waals surface area contributed by atoms with E-state index in [1.807, 2.05) is 18.3 Å². The molecule has 0 radical (unpaired) electrons. The Morgan fingerprint density at radius 1 is 1.29 bits per heavy atom. The number of likely N-dealkylation sites (N-methyl/N-ethyl adjacent to an activating group) is 1. The maximum atomic E-state index is 5.89. The van der Waals surface area contributed by atoms with Crippen LogP contribution in [-0.4, -0.2) is 64.4 Å². The Kier molecular flexibility index (Phi) is 5.94. The normalized spacial score (nSPS) is 24.9. The SMILES string of the molecule is CN(C)CCN1C(=S)N[C@@H](c2ccccn2)[C@@H]1c1cccn1C[C@@H]1CCCO1. The summed E-state index contributed by atoms with van der Waals surface area (Å²) in [5, 5.41) is 4.33. The van der Waals surface area contributed by atoms with E-state index in [4.69, 9.17) is 17.0 Å². The summed E-state index contributed by atoms with van der Waals surface area (Å²) in [4.78, 5) is 9.13. The van der Waals surface area contributed by atoms with E-state index in [9.17, 15) is 0 Å². The first kappa shape index (κ1) is 19.4. The molecular formula is C21H29N5OS. The number of nitrogens with zero attached hydrogens (tertiary/aromatic N) is 4. The number of ether oxygens (including phenoxy) is 1. The lowest BCUT2D eigenvalue weighted by Gasteiger charge is -2.30. The fraction of sp³-hybridized carbons (Fsp3) is 0.524. The molecule has 0 bridgehead atoms. The molecule has 2 aromatic heterocycles. The van der Waals surface area contributed by atoms with Gasteiger partial charge in [-0.05, 0) is 63.4 Å². The van der Waals surface area contributed by atoms with Crippen molar-refractivity contribution in [3.63, 3.8) is 0 Å². The van der Waals surface area contributed by atoms with E-state index in [2.05, 4.69) is 63.2 Å². The third kappa shape index (κ3) is 4.06. The summed E-state index contributed by atoms with van der Waals surface area (Å²) in [7, 11) is 4.19. The molecule has 2 aliphatic rings. The zero-order valence-electron chi connectivity index (χ0n) is 16.6. The fourth-order valence-corrected chi connectivity index (χ4v) is 4.48. The van der Waals surface area contributed by atoms with Crippen LogP contribution in [0.5, 0.6) is 0 Å². The minimum absolute atomic E-state index is 0.0361. The van der Waals surface area contributed by atoms with E-state index < -0.39 is 0 Å². The molecule has 0 aliphatic carbocycles. The fourth-order valence-electron chi connectivity index (χ4n) is 4.15. The molecule has 7 heteroatoms. The van der Waals surface area contributed by atoms with Crippen molar-refractivity contribution in [1.29, 1.82) is 0 Å². The van der Waals surface area contributed by atoms with Crippen molar-refractivity contribution in [2.45, 2.75) is 37.6 Å². The average molecular weight is 400 g/mol. The second kappa shape index (κ2) is 8.59. The summed E-state index contributed by atoms with van der Waals surface area (Å²) in [6, 6.07) is 10.6. The van der Waals surface area contributed by atoms with Crippen LogP contribution in [0.3, 0.4) is 0 Å². The minimum atomic E-state index is 0.0361. The van der Waals surface area contributed by atoms with E-state index in [1.165, 1.54) is 5.69 Å². The number of hydrogen-bond acceptors (Lipinski definition) is 4. The molecule has 0 unspecified atom stereocenters. The Balaban J connectivity index is 1.66. The maximum Gasteiger partial charge on any atom is 0.170 e. The number of aromatic nitrogens is 2. The summed E-state index contributed by atoms with van der Waals surface area (Å²) < 4.78 is 8.23. The molecule has 0 saturated carbocycles. The molecule has 2 fully saturated rings. The average Bonchev–Trinajstić information content (AvgIpc) is 3.42. The summed E-state index contributed by atoms with van der Waals surface area (Å²) >= 11 is 5.74. The van der Waals surface area contributed by atoms with Crippen LogP contribution in [0.15, 0.2) is 42.7 Å². The highest BCUT2D eigenvalue weighted by Gasteiger charge is 2.41. The van der Waals surface area contributed by atoms with E-state index in [0.29, 0.717) is 6.10 Å². The third-order valence-corrected chi connectivity index (χ3v) is 5.93. The first-order valence-electron chi connectivity index (χ1n) is 10.0. The van der Waals surface area contributed by atoms with Gasteiger partial charge in [0, 0.05) is 44.3 Å². The van der Waals surface area contributed by atoms with Gasteiger partial charge in [-0.25, -0.2) is 0 Å². The predicted molar refractivity (Wildman–Crippen MR) is 114 cm³/mol. The highest BCUT2D eigenvalue weighted by Crippen LogP contribution is 2.38. The number of nitrogens with one attached hydrogen (secondary N) is 1. The van der Waals surface area contributed by atoms with E-state index in [-0.39, 0.29) is 12.1 Å². The van der Waals surface area contributed by atoms with Gasteiger partial charge in [0.15, 0.2) is 5.11 Å². The van der Waals surface area contributed by atoms with Crippen LogP contribution in [0.1, 0.15) is 36.3 Å². The molecule has 4 heterocycles. The van der Waals surface area contributed by atoms with Crippen molar-refractivity contribution in [1.82, 2.24) is 24.7 Å². The monoisotopic (exact) mass is 399 g/mol. The number of hydrogen-bond donors (Lipinski definition) is 1. The Bertz CT molecular complexity index is 787. The summed E-state index contributed by atoms with van der Waals surface area (Å²) in [5.74, 6) is 0. The Labute approximate surface area is 172 Å². The van der Waals surface area contributed by atoms with Gasteiger partial charge in [0.2, 0.25) is 0 Å². The van der Waals surface area contributed by atoms with Crippen molar-refractivity contribution < 1.29 is 4.74 Å². The van der Waals surface area contributed by atoms with E-state index >= 15 is 0 Å². The van der Waals surface area contributed by atoms with E-state index in [0.717, 1.165) is 49.9 Å². The van der Waals surface area contributed by atoms with Gasteiger partial charge in [0.1, 0.15) is 0 Å². The molecular weight excluding hydrogens is 370 g/mol. The lowest BCUT2D eigenvalue weighted by atomic mass is 10.0. The van der Waals surface area contributed by atoms with Crippen molar-refractivity contribution in [3.8, 4) is 0 Å². The topological polar surface area (TPSA) is 45.6 Å². The first-order chi connectivity index (χ1) is 13.6. The quantitative estimate of drug-likeness (QED) is 0.722. The van der Waals surface area contributed by atoms with Crippen LogP contribution in [0.4, 0.5) is 0 Å². The highest BCUT2D eigenvalue weighted by molar-refractivity contribution is 7.80. The highest BCUT2D eigenvalue weighted by atomic mass is 32.1. The zero-order valence-corrected chi connectivity index (χ0v) is 17.4. The van der Waals surface area contributed by atoms with Crippen LogP contribution in [0, 0.1) is 0 Å². The molecule has 3 atom stereocenters. The molecule has 2 aromatic rings. The molecule has 28 heavy (non-hydrogen) atoms. The lowest BCUT2D eigenvalue weighted by Crippen LogP contribution is -2.36. The third-order valence-electron chi connectivity index (χ3n) is 5.58. The Morgan fingerprint density at radius 3 is 2.89 bits per heavy atom. The smallest absolute Gasteiger partial charge is 0.170 e. The Morgan fingerprint density at radius 2 is 2.18 bits per heavy atom. The molecule has 2 aliphatic heterocycles. The zero-order chi connectivity index (χ0) is 19.5. The molecule has 0 amide bonds. The minimum Gasteiger partial charge on any atom is -0.376 e. The van der Waals surface area contributed by atoms with Crippen LogP contribution in [0.25, 0.3) is 0 Å². The first-order valence-corrected chi connectivity index (χ1v) is 10.4. The molecule has 150 valence electrons. The van der Waals surface area contributed by atoms with Crippen LogP contribution in [-0.2, 0) is 11.3 Å². The van der Waals surface area contributed by atoms with Gasteiger partial charge in [-0.3, -0.25) is 4.98 Å².